The van der Waals surface area contributed by atoms with Crippen molar-refractivity contribution in [2.24, 2.45) is 0 Å². The van der Waals surface area contributed by atoms with Gasteiger partial charge in [0.1, 0.15) is 6.61 Å². The van der Waals surface area contributed by atoms with Gasteiger partial charge >= 0.3 is 6.18 Å². The van der Waals surface area contributed by atoms with Gasteiger partial charge in [0.05, 0.1) is 12.3 Å². The van der Waals surface area contributed by atoms with E-state index in [4.69, 9.17) is 0 Å². The smallest absolute Gasteiger partial charge is 0.370 e. The molecule has 0 radical (unpaired) electrons. The molecule has 146 valence electrons. The van der Waals surface area contributed by atoms with Crippen LogP contribution < -0.4 is 5.32 Å². The number of nitrogens with zero attached hydrogens (tertiary/aromatic N) is 2. The zero-order valence-electron chi connectivity index (χ0n) is 14.5. The molecule has 0 unspecified atom stereocenters. The predicted octanol–water partition coefficient (Wildman–Crippen LogP) is 3.82. The van der Waals surface area contributed by atoms with Crippen LogP contribution in [0.4, 0.5) is 13.2 Å². The van der Waals surface area contributed by atoms with Gasteiger partial charge in [0.2, 0.25) is 0 Å². The lowest BCUT2D eigenvalue weighted by molar-refractivity contribution is -0.173. The number of carbonyl (C=O) groups excluding carboxylic acids is 1. The Morgan fingerprint density at radius 3 is 2.81 bits per heavy atom. The molecule has 0 aliphatic heterocycles. The first kappa shape index (κ1) is 19.9. The zero-order valence-corrected chi connectivity index (χ0v) is 16.1. The fraction of sp³-hybridized carbons (Fsp3) is 0.444. The Morgan fingerprint density at radius 2 is 2.07 bits per heavy atom. The van der Waals surface area contributed by atoms with Gasteiger partial charge in [0, 0.05) is 22.3 Å². The number of ether oxygens (including phenoxy) is 1. The summed E-state index contributed by atoms with van der Waals surface area (Å²) < 4.78 is 43.4. The molecule has 3 rings (SSSR count). The van der Waals surface area contributed by atoms with Gasteiger partial charge in [-0.1, -0.05) is 22.0 Å². The second-order valence-electron chi connectivity index (χ2n) is 6.30. The van der Waals surface area contributed by atoms with Crippen molar-refractivity contribution < 1.29 is 22.7 Å². The van der Waals surface area contributed by atoms with Crippen molar-refractivity contribution in [3.63, 3.8) is 0 Å². The number of amides is 1. The third kappa shape index (κ3) is 5.10. The van der Waals surface area contributed by atoms with Crippen molar-refractivity contribution in [1.29, 1.82) is 0 Å². The van der Waals surface area contributed by atoms with Gasteiger partial charge in [-0.25, -0.2) is 4.68 Å². The molecule has 1 amide bonds. The summed E-state index contributed by atoms with van der Waals surface area (Å²) >= 11 is 3.44. The van der Waals surface area contributed by atoms with E-state index < -0.39 is 18.7 Å². The van der Waals surface area contributed by atoms with Crippen LogP contribution in [0, 0.1) is 0 Å². The molecular weight excluding hydrogens is 427 g/mol. The average Bonchev–Trinajstić information content (AvgIpc) is 3.00. The van der Waals surface area contributed by atoms with Gasteiger partial charge in [-0.15, -0.1) is 0 Å². The molecule has 1 aliphatic rings. The minimum absolute atomic E-state index is 0.00652. The quantitative estimate of drug-likeness (QED) is 0.687. The van der Waals surface area contributed by atoms with Crippen molar-refractivity contribution in [3.05, 3.63) is 45.7 Å². The maximum atomic E-state index is 12.5. The van der Waals surface area contributed by atoms with E-state index in [0.717, 1.165) is 47.1 Å². The fourth-order valence-electron chi connectivity index (χ4n) is 3.11. The molecule has 1 aromatic carbocycles. The molecule has 0 saturated carbocycles. The molecule has 1 N–H and O–H groups in total. The van der Waals surface area contributed by atoms with Gasteiger partial charge in [-0.2, -0.15) is 18.3 Å². The van der Waals surface area contributed by atoms with Crippen LogP contribution in [0.2, 0.25) is 0 Å². The summed E-state index contributed by atoms with van der Waals surface area (Å²) in [4.78, 5) is 12.5. The van der Waals surface area contributed by atoms with E-state index in [9.17, 15) is 18.0 Å². The highest BCUT2D eigenvalue weighted by molar-refractivity contribution is 9.10. The number of hydrogen-bond acceptors (Lipinski definition) is 3. The lowest BCUT2D eigenvalue weighted by Gasteiger charge is -2.14. The number of hydrogen-bond donors (Lipinski definition) is 1. The predicted molar refractivity (Wildman–Crippen MR) is 97.1 cm³/mol. The Morgan fingerprint density at radius 1 is 1.30 bits per heavy atom. The van der Waals surface area contributed by atoms with Crippen LogP contribution in [0.25, 0.3) is 5.69 Å². The third-order valence-electron chi connectivity index (χ3n) is 4.25. The first-order chi connectivity index (χ1) is 12.8. The SMILES string of the molecule is O=C(NCCOCC(F)(F)F)c1nn(-c2cccc(Br)c2)c2c1CCCC2. The summed E-state index contributed by atoms with van der Waals surface area (Å²) in [5.74, 6) is -0.391. The van der Waals surface area contributed by atoms with E-state index in [0.29, 0.717) is 5.69 Å². The summed E-state index contributed by atoms with van der Waals surface area (Å²) in [6.45, 7) is -1.54. The van der Waals surface area contributed by atoms with E-state index >= 15 is 0 Å². The van der Waals surface area contributed by atoms with Crippen molar-refractivity contribution >= 4 is 21.8 Å². The largest absolute Gasteiger partial charge is 0.411 e. The van der Waals surface area contributed by atoms with E-state index in [2.05, 4.69) is 31.1 Å². The Labute approximate surface area is 163 Å². The molecule has 5 nitrogen and oxygen atoms in total. The van der Waals surface area contributed by atoms with Crippen LogP contribution in [0.5, 0.6) is 0 Å². The average molecular weight is 446 g/mol. The fourth-order valence-corrected chi connectivity index (χ4v) is 3.50. The summed E-state index contributed by atoms with van der Waals surface area (Å²) in [5.41, 5.74) is 3.11. The van der Waals surface area contributed by atoms with Gasteiger partial charge in [-0.05, 0) is 43.9 Å². The lowest BCUT2D eigenvalue weighted by Crippen LogP contribution is -2.30. The van der Waals surface area contributed by atoms with Gasteiger partial charge in [0.15, 0.2) is 5.69 Å². The molecule has 1 heterocycles. The molecular formula is C18H19BrF3N3O2. The molecule has 1 aliphatic carbocycles. The van der Waals surface area contributed by atoms with Gasteiger partial charge < -0.3 is 10.1 Å². The van der Waals surface area contributed by atoms with Crippen molar-refractivity contribution in [2.75, 3.05) is 19.8 Å². The Balaban J connectivity index is 1.73. The number of nitrogens with one attached hydrogen (secondary N) is 1. The number of alkyl halides is 3. The van der Waals surface area contributed by atoms with E-state index in [1.54, 1.807) is 4.68 Å². The highest BCUT2D eigenvalue weighted by Gasteiger charge is 2.28. The Hall–Kier alpha value is -1.87. The molecule has 0 saturated heterocycles. The topological polar surface area (TPSA) is 56.1 Å². The molecule has 9 heteroatoms. The summed E-state index contributed by atoms with van der Waals surface area (Å²) in [6, 6.07) is 7.65. The summed E-state index contributed by atoms with van der Waals surface area (Å²) in [5, 5.41) is 7.10. The van der Waals surface area contributed by atoms with Crippen LogP contribution in [-0.4, -0.2) is 41.6 Å². The molecule has 0 fully saturated rings. The van der Waals surface area contributed by atoms with Crippen LogP contribution in [0.1, 0.15) is 34.6 Å². The number of fused-ring (bicyclic) bond motifs is 1. The molecule has 2 aromatic rings. The number of carbonyl (C=O) groups is 1. The second kappa shape index (κ2) is 8.43. The maximum absolute atomic E-state index is 12.5. The highest BCUT2D eigenvalue weighted by Crippen LogP contribution is 2.27. The van der Waals surface area contributed by atoms with E-state index in [1.165, 1.54) is 0 Å². The number of benzene rings is 1. The monoisotopic (exact) mass is 445 g/mol. The first-order valence-electron chi connectivity index (χ1n) is 8.64. The molecule has 0 spiro atoms. The standard InChI is InChI=1S/C18H19BrF3N3O2/c19-12-4-3-5-13(10-12)25-15-7-2-1-6-14(15)16(24-25)17(26)23-8-9-27-11-18(20,21)22/h3-5,10H,1-2,6-9,11H2,(H,23,26). The summed E-state index contributed by atoms with van der Waals surface area (Å²) in [7, 11) is 0. The first-order valence-corrected chi connectivity index (χ1v) is 9.44. The van der Waals surface area contributed by atoms with E-state index in [1.807, 2.05) is 24.3 Å². The van der Waals surface area contributed by atoms with Crippen molar-refractivity contribution in [1.82, 2.24) is 15.1 Å². The molecule has 0 bridgehead atoms. The van der Waals surface area contributed by atoms with Crippen LogP contribution in [0.3, 0.4) is 0 Å². The molecule has 27 heavy (non-hydrogen) atoms. The zero-order chi connectivity index (χ0) is 19.4. The highest BCUT2D eigenvalue weighted by atomic mass is 79.9. The number of aromatic nitrogens is 2. The second-order valence-corrected chi connectivity index (χ2v) is 7.21. The minimum atomic E-state index is -4.37. The van der Waals surface area contributed by atoms with Crippen LogP contribution in [0.15, 0.2) is 28.7 Å². The van der Waals surface area contributed by atoms with Gasteiger partial charge in [-0.3, -0.25) is 4.79 Å². The number of halogens is 4. The van der Waals surface area contributed by atoms with Crippen LogP contribution in [-0.2, 0) is 17.6 Å². The lowest BCUT2D eigenvalue weighted by atomic mass is 9.95. The minimum Gasteiger partial charge on any atom is -0.370 e. The van der Waals surface area contributed by atoms with Crippen molar-refractivity contribution in [2.45, 2.75) is 31.9 Å². The normalized spacial score (nSPS) is 14.1. The van der Waals surface area contributed by atoms with Crippen LogP contribution >= 0.6 is 15.9 Å². The molecule has 1 aromatic heterocycles. The Bertz CT molecular complexity index is 821. The van der Waals surface area contributed by atoms with Crippen molar-refractivity contribution in [3.8, 4) is 5.69 Å². The maximum Gasteiger partial charge on any atom is 0.411 e. The Kier molecular flexibility index (Phi) is 6.21. The molecule has 0 atom stereocenters. The number of rotatable bonds is 6. The van der Waals surface area contributed by atoms with Gasteiger partial charge in [0.25, 0.3) is 5.91 Å². The van der Waals surface area contributed by atoms with E-state index in [-0.39, 0.29) is 13.2 Å². The summed E-state index contributed by atoms with van der Waals surface area (Å²) in [6.07, 6.45) is -0.773. The third-order valence-corrected chi connectivity index (χ3v) is 4.74.